The number of carbonyl (C=O) groups is 1. The molecule has 3 aromatic rings. The summed E-state index contributed by atoms with van der Waals surface area (Å²) in [6.45, 7) is 4.37. The summed E-state index contributed by atoms with van der Waals surface area (Å²) in [5.74, 6) is 1.45. The van der Waals surface area contributed by atoms with Gasteiger partial charge < -0.3 is 9.88 Å². The van der Waals surface area contributed by atoms with E-state index in [2.05, 4.69) is 46.5 Å². The molecule has 0 fully saturated rings. The highest BCUT2D eigenvalue weighted by molar-refractivity contribution is 7.99. The molecule has 2 aromatic heterocycles. The van der Waals surface area contributed by atoms with E-state index in [1.807, 2.05) is 35.9 Å². The second kappa shape index (κ2) is 8.81. The van der Waals surface area contributed by atoms with E-state index in [9.17, 15) is 4.79 Å². The number of nitrogens with zero attached hydrogens (tertiary/aromatic N) is 4. The Labute approximate surface area is 163 Å². The van der Waals surface area contributed by atoms with E-state index in [1.165, 1.54) is 17.3 Å². The first-order valence-corrected chi connectivity index (χ1v) is 9.89. The van der Waals surface area contributed by atoms with Crippen molar-refractivity contribution < 1.29 is 4.79 Å². The number of benzene rings is 1. The molecule has 0 aliphatic heterocycles. The van der Waals surface area contributed by atoms with Crippen LogP contribution in [0.4, 0.5) is 5.69 Å². The quantitative estimate of drug-likeness (QED) is 0.623. The minimum atomic E-state index is -0.0674. The Morgan fingerprint density at radius 3 is 2.67 bits per heavy atom. The van der Waals surface area contributed by atoms with Gasteiger partial charge in [-0.15, -0.1) is 10.2 Å². The van der Waals surface area contributed by atoms with Gasteiger partial charge in [-0.2, -0.15) is 0 Å². The summed E-state index contributed by atoms with van der Waals surface area (Å²) in [4.78, 5) is 16.4. The second-order valence-electron chi connectivity index (χ2n) is 6.38. The smallest absolute Gasteiger partial charge is 0.234 e. The van der Waals surface area contributed by atoms with E-state index < -0.39 is 0 Å². The molecule has 1 atom stereocenters. The van der Waals surface area contributed by atoms with Crippen LogP contribution in [0.3, 0.4) is 0 Å². The molecule has 0 aliphatic rings. The summed E-state index contributed by atoms with van der Waals surface area (Å²) in [5.41, 5.74) is 2.98. The number of aromatic nitrogens is 4. The molecule has 1 N–H and O–H groups in total. The molecule has 0 radical (unpaired) electrons. The summed E-state index contributed by atoms with van der Waals surface area (Å²) in [5, 5.41) is 12.0. The van der Waals surface area contributed by atoms with Gasteiger partial charge in [0.25, 0.3) is 0 Å². The van der Waals surface area contributed by atoms with E-state index in [4.69, 9.17) is 0 Å². The van der Waals surface area contributed by atoms with Gasteiger partial charge in [0.1, 0.15) is 0 Å². The first kappa shape index (κ1) is 19.1. The van der Waals surface area contributed by atoms with Crippen LogP contribution in [0.15, 0.2) is 53.9 Å². The molecule has 1 amide bonds. The lowest BCUT2D eigenvalue weighted by Crippen LogP contribution is -2.14. The van der Waals surface area contributed by atoms with Crippen molar-refractivity contribution in [3.05, 3.63) is 54.4 Å². The van der Waals surface area contributed by atoms with Gasteiger partial charge >= 0.3 is 0 Å². The number of hydrogen-bond donors (Lipinski definition) is 1. The number of rotatable bonds is 7. The van der Waals surface area contributed by atoms with Crippen LogP contribution in [-0.4, -0.2) is 31.4 Å². The molecule has 1 aromatic carbocycles. The molecule has 0 aliphatic carbocycles. The van der Waals surface area contributed by atoms with Crippen molar-refractivity contribution in [2.24, 2.45) is 7.05 Å². The Morgan fingerprint density at radius 2 is 2.00 bits per heavy atom. The van der Waals surface area contributed by atoms with Crippen molar-refractivity contribution in [1.82, 2.24) is 19.7 Å². The van der Waals surface area contributed by atoms with Crippen LogP contribution in [0.1, 0.15) is 31.7 Å². The lowest BCUT2D eigenvalue weighted by Gasteiger charge is -2.10. The van der Waals surface area contributed by atoms with Crippen LogP contribution < -0.4 is 5.32 Å². The fourth-order valence-electron chi connectivity index (χ4n) is 2.64. The molecule has 140 valence electrons. The number of anilines is 1. The molecule has 2 heterocycles. The summed E-state index contributed by atoms with van der Waals surface area (Å²) >= 11 is 1.36. The Kier molecular flexibility index (Phi) is 6.24. The molecular weight excluding hydrogens is 358 g/mol. The van der Waals surface area contributed by atoms with Crippen LogP contribution in [0.5, 0.6) is 0 Å². The van der Waals surface area contributed by atoms with Crippen LogP contribution in [-0.2, 0) is 11.8 Å². The minimum absolute atomic E-state index is 0.0674. The van der Waals surface area contributed by atoms with Crippen LogP contribution in [0.2, 0.25) is 0 Å². The molecule has 27 heavy (non-hydrogen) atoms. The van der Waals surface area contributed by atoms with E-state index in [0.29, 0.717) is 11.1 Å². The maximum atomic E-state index is 12.2. The van der Waals surface area contributed by atoms with Gasteiger partial charge in [-0.05, 0) is 42.2 Å². The third-order valence-corrected chi connectivity index (χ3v) is 5.48. The standard InChI is InChI=1S/C20H23N5OS/c1-4-14(2)15-7-9-17(10-8-15)22-18(26)13-27-20-24-23-19(25(20)3)16-6-5-11-21-12-16/h5-12,14H,4,13H2,1-3H3,(H,22,26). The summed E-state index contributed by atoms with van der Waals surface area (Å²) < 4.78 is 1.87. The Hall–Kier alpha value is -2.67. The third-order valence-electron chi connectivity index (χ3n) is 4.46. The molecule has 6 nitrogen and oxygen atoms in total. The fourth-order valence-corrected chi connectivity index (χ4v) is 3.36. The normalized spacial score (nSPS) is 12.0. The lowest BCUT2D eigenvalue weighted by molar-refractivity contribution is -0.113. The maximum Gasteiger partial charge on any atom is 0.234 e. The monoisotopic (exact) mass is 381 g/mol. The summed E-state index contributed by atoms with van der Waals surface area (Å²) in [7, 11) is 1.89. The highest BCUT2D eigenvalue weighted by Crippen LogP contribution is 2.23. The van der Waals surface area contributed by atoms with Crippen molar-refractivity contribution in [3.8, 4) is 11.4 Å². The fraction of sp³-hybridized carbons (Fsp3) is 0.300. The molecule has 3 rings (SSSR count). The van der Waals surface area contributed by atoms with Crippen LogP contribution >= 0.6 is 11.8 Å². The van der Waals surface area contributed by atoms with Crippen molar-refractivity contribution in [3.63, 3.8) is 0 Å². The van der Waals surface area contributed by atoms with Gasteiger partial charge in [0, 0.05) is 30.7 Å². The zero-order valence-corrected chi connectivity index (χ0v) is 16.5. The van der Waals surface area contributed by atoms with Crippen molar-refractivity contribution >= 4 is 23.4 Å². The van der Waals surface area contributed by atoms with Gasteiger partial charge in [0.2, 0.25) is 5.91 Å². The van der Waals surface area contributed by atoms with Gasteiger partial charge in [0.05, 0.1) is 5.75 Å². The minimum Gasteiger partial charge on any atom is -0.325 e. The van der Waals surface area contributed by atoms with Gasteiger partial charge in [-0.25, -0.2) is 0 Å². The molecule has 0 bridgehead atoms. The number of thioether (sulfide) groups is 1. The first-order chi connectivity index (χ1) is 13.1. The Morgan fingerprint density at radius 1 is 1.22 bits per heavy atom. The zero-order valence-electron chi connectivity index (χ0n) is 15.7. The molecular formula is C20H23N5OS. The highest BCUT2D eigenvalue weighted by atomic mass is 32.2. The van der Waals surface area contributed by atoms with Crippen LogP contribution in [0.25, 0.3) is 11.4 Å². The van der Waals surface area contributed by atoms with Gasteiger partial charge in [0.15, 0.2) is 11.0 Å². The van der Waals surface area contributed by atoms with Crippen molar-refractivity contribution in [2.75, 3.05) is 11.1 Å². The predicted molar refractivity (Wildman–Crippen MR) is 109 cm³/mol. The third kappa shape index (κ3) is 4.74. The topological polar surface area (TPSA) is 72.7 Å². The summed E-state index contributed by atoms with van der Waals surface area (Å²) in [6, 6.07) is 11.8. The molecule has 7 heteroatoms. The van der Waals surface area contributed by atoms with E-state index in [0.717, 1.165) is 23.5 Å². The van der Waals surface area contributed by atoms with E-state index >= 15 is 0 Å². The van der Waals surface area contributed by atoms with Crippen LogP contribution in [0, 0.1) is 0 Å². The van der Waals surface area contributed by atoms with Crippen molar-refractivity contribution in [2.45, 2.75) is 31.3 Å². The van der Waals surface area contributed by atoms with E-state index in [-0.39, 0.29) is 11.7 Å². The van der Waals surface area contributed by atoms with Crippen molar-refractivity contribution in [1.29, 1.82) is 0 Å². The highest BCUT2D eigenvalue weighted by Gasteiger charge is 2.13. The summed E-state index contributed by atoms with van der Waals surface area (Å²) in [6.07, 6.45) is 4.56. The molecule has 0 saturated heterocycles. The predicted octanol–water partition coefficient (Wildman–Crippen LogP) is 4.12. The van der Waals surface area contributed by atoms with Gasteiger partial charge in [-0.3, -0.25) is 9.78 Å². The largest absolute Gasteiger partial charge is 0.325 e. The first-order valence-electron chi connectivity index (χ1n) is 8.91. The number of amides is 1. The lowest BCUT2D eigenvalue weighted by atomic mass is 9.99. The zero-order chi connectivity index (χ0) is 19.2. The molecule has 1 unspecified atom stereocenters. The van der Waals surface area contributed by atoms with Gasteiger partial charge in [-0.1, -0.05) is 37.7 Å². The number of hydrogen-bond acceptors (Lipinski definition) is 5. The maximum absolute atomic E-state index is 12.2. The number of pyridine rings is 1. The molecule has 0 spiro atoms. The Bertz CT molecular complexity index is 892. The SMILES string of the molecule is CCC(C)c1ccc(NC(=O)CSc2nnc(-c3cccnc3)n2C)cc1. The molecule has 0 saturated carbocycles. The van der Waals surface area contributed by atoms with E-state index in [1.54, 1.807) is 12.4 Å². The average Bonchev–Trinajstić information content (AvgIpc) is 3.07. The number of carbonyl (C=O) groups excluding carboxylic acids is 1. The average molecular weight is 382 g/mol. The Balaban J connectivity index is 1.57. The number of nitrogens with one attached hydrogen (secondary N) is 1. The second-order valence-corrected chi connectivity index (χ2v) is 7.32.